The minimum absolute atomic E-state index is 0.0124. The first kappa shape index (κ1) is 13.8. The van der Waals surface area contributed by atoms with Gasteiger partial charge < -0.3 is 10.4 Å². The number of aromatic nitrogens is 3. The quantitative estimate of drug-likeness (QED) is 0.618. The highest BCUT2D eigenvalue weighted by molar-refractivity contribution is 7.99. The summed E-state index contributed by atoms with van der Waals surface area (Å²) in [5.41, 5.74) is -0.279. The Balaban J connectivity index is 2.76. The molecule has 3 N–H and O–H groups in total. The number of hydrogen-bond donors (Lipinski definition) is 3. The van der Waals surface area contributed by atoms with Crippen LogP contribution in [0.25, 0.3) is 0 Å². The van der Waals surface area contributed by atoms with Gasteiger partial charge in [-0.05, 0) is 20.9 Å². The van der Waals surface area contributed by atoms with E-state index in [1.54, 1.807) is 7.05 Å². The molecule has 1 unspecified atom stereocenters. The fourth-order valence-corrected chi connectivity index (χ4v) is 2.45. The predicted molar refractivity (Wildman–Crippen MR) is 64.4 cm³/mol. The van der Waals surface area contributed by atoms with Gasteiger partial charge in [-0.2, -0.15) is 0 Å². The molecule has 1 aromatic heterocycles. The topological polar surface area (TPSA) is 100 Å². The minimum atomic E-state index is -0.922. The van der Waals surface area contributed by atoms with Crippen LogP contribution in [0.15, 0.2) is 9.95 Å². The number of rotatable bonds is 6. The van der Waals surface area contributed by atoms with Gasteiger partial charge in [-0.25, -0.2) is 9.89 Å². The molecule has 0 amide bonds. The van der Waals surface area contributed by atoms with Gasteiger partial charge in [-0.1, -0.05) is 11.8 Å². The van der Waals surface area contributed by atoms with Crippen molar-refractivity contribution in [3.05, 3.63) is 10.5 Å². The van der Waals surface area contributed by atoms with E-state index in [0.717, 1.165) is 0 Å². The lowest BCUT2D eigenvalue weighted by molar-refractivity contribution is -0.138. The lowest BCUT2D eigenvalue weighted by Crippen LogP contribution is -2.36. The molecule has 1 aromatic rings. The molecule has 8 heteroatoms. The van der Waals surface area contributed by atoms with Crippen molar-refractivity contribution in [1.82, 2.24) is 20.1 Å². The Hall–Kier alpha value is -1.28. The number of carboxylic acids is 1. The normalized spacial score (nSPS) is 12.9. The van der Waals surface area contributed by atoms with Gasteiger partial charge in [0.1, 0.15) is 6.04 Å². The summed E-state index contributed by atoms with van der Waals surface area (Å²) in [5, 5.41) is 18.3. The molecule has 0 fully saturated rings. The second-order valence-corrected chi connectivity index (χ2v) is 4.75. The summed E-state index contributed by atoms with van der Waals surface area (Å²) in [6.07, 6.45) is 0. The van der Waals surface area contributed by atoms with Crippen LogP contribution >= 0.6 is 11.8 Å². The highest BCUT2D eigenvalue weighted by Crippen LogP contribution is 2.17. The lowest BCUT2D eigenvalue weighted by Gasteiger charge is -2.11. The zero-order valence-corrected chi connectivity index (χ0v) is 10.7. The fourth-order valence-electron chi connectivity index (χ4n) is 1.28. The van der Waals surface area contributed by atoms with E-state index in [2.05, 4.69) is 15.5 Å². The van der Waals surface area contributed by atoms with Gasteiger partial charge in [0, 0.05) is 11.8 Å². The van der Waals surface area contributed by atoms with Gasteiger partial charge in [0.2, 0.25) is 0 Å². The number of thioether (sulfide) groups is 1. The van der Waals surface area contributed by atoms with Crippen LogP contribution in [-0.4, -0.2) is 44.7 Å². The highest BCUT2D eigenvalue weighted by atomic mass is 32.2. The van der Waals surface area contributed by atoms with Gasteiger partial charge in [-0.3, -0.25) is 9.36 Å². The van der Waals surface area contributed by atoms with Crippen molar-refractivity contribution in [2.75, 3.05) is 12.8 Å². The third-order valence-corrected chi connectivity index (χ3v) is 3.26. The predicted octanol–water partition coefficient (Wildman–Crippen LogP) is -0.0830. The van der Waals surface area contributed by atoms with Crippen LogP contribution in [-0.2, 0) is 4.79 Å². The zero-order chi connectivity index (χ0) is 13.0. The summed E-state index contributed by atoms with van der Waals surface area (Å²) in [6.45, 7) is 3.74. The van der Waals surface area contributed by atoms with Gasteiger partial charge in [0.25, 0.3) is 0 Å². The highest BCUT2D eigenvalue weighted by Gasteiger charge is 2.18. The molecular formula is C9H16N4O3S. The number of aromatic amines is 1. The summed E-state index contributed by atoms with van der Waals surface area (Å²) in [7, 11) is 1.58. The van der Waals surface area contributed by atoms with Gasteiger partial charge in [0.05, 0.1) is 0 Å². The molecule has 96 valence electrons. The van der Waals surface area contributed by atoms with Gasteiger partial charge in [-0.15, -0.1) is 5.10 Å². The number of nitrogens with zero attached hydrogens (tertiary/aromatic N) is 2. The van der Waals surface area contributed by atoms with E-state index in [-0.39, 0.29) is 11.7 Å². The molecule has 0 saturated heterocycles. The average molecular weight is 260 g/mol. The molecule has 1 atom stereocenters. The molecule has 1 heterocycles. The monoisotopic (exact) mass is 260 g/mol. The minimum Gasteiger partial charge on any atom is -0.480 e. The molecule has 0 spiro atoms. The van der Waals surface area contributed by atoms with Gasteiger partial charge >= 0.3 is 11.7 Å². The Bertz CT molecular complexity index is 440. The summed E-state index contributed by atoms with van der Waals surface area (Å²) in [6, 6.07) is -0.672. The second-order valence-electron chi connectivity index (χ2n) is 3.77. The molecular weight excluding hydrogens is 244 g/mol. The van der Waals surface area contributed by atoms with Crippen LogP contribution in [0.2, 0.25) is 0 Å². The Morgan fingerprint density at radius 3 is 2.76 bits per heavy atom. The maximum Gasteiger partial charge on any atom is 0.344 e. The van der Waals surface area contributed by atoms with Crippen LogP contribution in [0.5, 0.6) is 0 Å². The van der Waals surface area contributed by atoms with Crippen LogP contribution in [0.3, 0.4) is 0 Å². The SMILES string of the molecule is CNC(CSc1n[nH]c(=O)n1C(C)C)C(=O)O. The van der Waals surface area contributed by atoms with Crippen molar-refractivity contribution in [1.29, 1.82) is 0 Å². The molecule has 0 aromatic carbocycles. The first-order chi connectivity index (χ1) is 7.97. The third kappa shape index (κ3) is 3.34. The van der Waals surface area contributed by atoms with E-state index in [1.165, 1.54) is 16.3 Å². The maximum atomic E-state index is 11.4. The van der Waals surface area contributed by atoms with E-state index in [4.69, 9.17) is 5.11 Å². The first-order valence-corrected chi connectivity index (χ1v) is 6.15. The number of H-pyrrole nitrogens is 1. The van der Waals surface area contributed by atoms with E-state index in [1.807, 2.05) is 13.8 Å². The largest absolute Gasteiger partial charge is 0.480 e. The molecule has 0 aliphatic heterocycles. The van der Waals surface area contributed by atoms with Crippen molar-refractivity contribution in [3.63, 3.8) is 0 Å². The number of carbonyl (C=O) groups is 1. The molecule has 0 aliphatic rings. The van der Waals surface area contributed by atoms with Crippen molar-refractivity contribution in [2.24, 2.45) is 0 Å². The number of hydrogen-bond acceptors (Lipinski definition) is 5. The maximum absolute atomic E-state index is 11.4. The van der Waals surface area contributed by atoms with Crippen molar-refractivity contribution >= 4 is 17.7 Å². The number of nitrogens with one attached hydrogen (secondary N) is 2. The van der Waals surface area contributed by atoms with Crippen molar-refractivity contribution in [3.8, 4) is 0 Å². The molecule has 0 bridgehead atoms. The van der Waals surface area contributed by atoms with Crippen LogP contribution < -0.4 is 11.0 Å². The number of likely N-dealkylation sites (N-methyl/N-ethyl adjacent to an activating group) is 1. The van der Waals surface area contributed by atoms with Crippen LogP contribution in [0.4, 0.5) is 0 Å². The summed E-state index contributed by atoms with van der Waals surface area (Å²) >= 11 is 1.23. The Kier molecular flexibility index (Phi) is 4.76. The first-order valence-electron chi connectivity index (χ1n) is 5.17. The Morgan fingerprint density at radius 2 is 2.29 bits per heavy atom. The number of aliphatic carboxylic acids is 1. The molecule has 7 nitrogen and oxygen atoms in total. The third-order valence-electron chi connectivity index (χ3n) is 2.21. The standard InChI is InChI=1S/C9H16N4O3S/c1-5(2)13-8(16)11-12-9(13)17-4-6(10-3)7(14)15/h5-6,10H,4H2,1-3H3,(H,11,16)(H,14,15). The van der Waals surface area contributed by atoms with Crippen LogP contribution in [0.1, 0.15) is 19.9 Å². The second kappa shape index (κ2) is 5.87. The fraction of sp³-hybridized carbons (Fsp3) is 0.667. The van der Waals surface area contributed by atoms with Gasteiger partial charge in [0.15, 0.2) is 5.16 Å². The molecule has 0 aliphatic carbocycles. The molecule has 1 rings (SSSR count). The Labute approximate surface area is 103 Å². The molecule has 17 heavy (non-hydrogen) atoms. The Morgan fingerprint density at radius 1 is 1.65 bits per heavy atom. The van der Waals surface area contributed by atoms with Crippen molar-refractivity contribution in [2.45, 2.75) is 31.1 Å². The van der Waals surface area contributed by atoms with Crippen LogP contribution in [0, 0.1) is 0 Å². The number of carboxylic acid groups (broad SMARTS) is 1. The zero-order valence-electron chi connectivity index (χ0n) is 9.93. The van der Waals surface area contributed by atoms with E-state index in [0.29, 0.717) is 10.9 Å². The van der Waals surface area contributed by atoms with Crippen molar-refractivity contribution < 1.29 is 9.90 Å². The molecule has 0 saturated carbocycles. The summed E-state index contributed by atoms with van der Waals surface area (Å²) in [5.74, 6) is -0.614. The summed E-state index contributed by atoms with van der Waals surface area (Å²) < 4.78 is 1.50. The average Bonchev–Trinajstić information content (AvgIpc) is 2.60. The smallest absolute Gasteiger partial charge is 0.344 e. The van der Waals surface area contributed by atoms with E-state index >= 15 is 0 Å². The molecule has 0 radical (unpaired) electrons. The van der Waals surface area contributed by atoms with E-state index in [9.17, 15) is 9.59 Å². The van der Waals surface area contributed by atoms with E-state index < -0.39 is 12.0 Å². The summed E-state index contributed by atoms with van der Waals surface area (Å²) in [4.78, 5) is 22.2. The lowest BCUT2D eigenvalue weighted by atomic mass is 10.3.